The Bertz CT molecular complexity index is 1500. The van der Waals surface area contributed by atoms with Crippen LogP contribution in [0, 0.1) is 6.92 Å². The van der Waals surface area contributed by atoms with E-state index < -0.39 is 17.9 Å². The molecule has 4 rings (SSSR count). The molecule has 9 heteroatoms. The van der Waals surface area contributed by atoms with Gasteiger partial charge in [-0.15, -0.1) is 0 Å². The molecule has 3 amide bonds. The number of methoxy groups -OCH3 is 1. The van der Waals surface area contributed by atoms with Crippen LogP contribution in [-0.4, -0.2) is 56.1 Å². The zero-order chi connectivity index (χ0) is 29.5. The number of benzene rings is 3. The minimum absolute atomic E-state index is 0.00546. The van der Waals surface area contributed by atoms with Crippen LogP contribution in [0.1, 0.15) is 43.7 Å². The van der Waals surface area contributed by atoms with Crippen molar-refractivity contribution in [3.8, 4) is 0 Å². The number of esters is 1. The largest absolute Gasteiger partial charge is 0.469 e. The summed E-state index contributed by atoms with van der Waals surface area (Å²) < 4.78 is 4.69. The molecular weight excluding hydrogens is 520 g/mol. The summed E-state index contributed by atoms with van der Waals surface area (Å²) in [5.41, 5.74) is 3.12. The SMILES string of the molecule is CN[C@@H](C)C(=O)N=C1CN(C(=O)CCCCC(=O)OC)c2ccccc2N(Cc2c(C)ccc3ccccc23)C1=O. The van der Waals surface area contributed by atoms with Gasteiger partial charge in [0.1, 0.15) is 5.71 Å². The number of aryl methyl sites for hydroxylation is 1. The quantitative estimate of drug-likeness (QED) is 0.310. The fourth-order valence-corrected chi connectivity index (χ4v) is 4.90. The first-order chi connectivity index (χ1) is 19.7. The van der Waals surface area contributed by atoms with E-state index in [-0.39, 0.29) is 43.5 Å². The van der Waals surface area contributed by atoms with Crippen molar-refractivity contribution in [2.75, 3.05) is 30.5 Å². The lowest BCUT2D eigenvalue weighted by Gasteiger charge is -2.26. The maximum Gasteiger partial charge on any atom is 0.305 e. The number of hydrogen-bond acceptors (Lipinski definition) is 6. The molecule has 0 saturated carbocycles. The predicted molar refractivity (Wildman–Crippen MR) is 160 cm³/mol. The molecule has 0 aliphatic carbocycles. The van der Waals surface area contributed by atoms with Crippen molar-refractivity contribution < 1.29 is 23.9 Å². The second-order valence-corrected chi connectivity index (χ2v) is 10.1. The third-order valence-corrected chi connectivity index (χ3v) is 7.45. The lowest BCUT2D eigenvalue weighted by Crippen LogP contribution is -2.41. The van der Waals surface area contributed by atoms with E-state index in [1.165, 1.54) is 12.0 Å². The Morgan fingerprint density at radius 3 is 2.39 bits per heavy atom. The van der Waals surface area contributed by atoms with E-state index >= 15 is 0 Å². The third kappa shape index (κ3) is 6.69. The maximum absolute atomic E-state index is 14.2. The summed E-state index contributed by atoms with van der Waals surface area (Å²) in [7, 11) is 2.98. The fraction of sp³-hybridized carbons (Fsp3) is 0.344. The highest BCUT2D eigenvalue weighted by Crippen LogP contribution is 2.35. The topological polar surface area (TPSA) is 108 Å². The molecule has 1 heterocycles. The van der Waals surface area contributed by atoms with E-state index in [1.54, 1.807) is 24.9 Å². The standard InChI is InChI=1S/C32H36N4O5/c1-21-17-18-23-11-5-6-12-24(23)25(21)19-36-28-14-8-7-13-27(28)35(29(37)15-9-10-16-30(38)41-4)20-26(32(36)40)34-31(39)22(2)33-3/h5-8,11-14,17-18,22,33H,9-10,15-16,19-20H2,1-4H3/t22-/m0/s1. The molecule has 41 heavy (non-hydrogen) atoms. The Kier molecular flexibility index (Phi) is 9.62. The van der Waals surface area contributed by atoms with E-state index in [1.807, 2.05) is 55.5 Å². The maximum atomic E-state index is 14.2. The summed E-state index contributed by atoms with van der Waals surface area (Å²) in [5.74, 6) is -1.47. The van der Waals surface area contributed by atoms with Gasteiger partial charge in [-0.1, -0.05) is 48.5 Å². The summed E-state index contributed by atoms with van der Waals surface area (Å²) in [6, 6.07) is 18.7. The second kappa shape index (κ2) is 13.3. The number of ether oxygens (including phenoxy) is 1. The van der Waals surface area contributed by atoms with Crippen molar-refractivity contribution in [3.63, 3.8) is 0 Å². The van der Waals surface area contributed by atoms with Gasteiger partial charge in [-0.25, -0.2) is 4.99 Å². The van der Waals surface area contributed by atoms with Gasteiger partial charge in [-0.05, 0) is 67.8 Å². The van der Waals surface area contributed by atoms with Gasteiger partial charge in [-0.3, -0.25) is 19.2 Å². The molecule has 0 aromatic heterocycles. The first kappa shape index (κ1) is 29.6. The minimum Gasteiger partial charge on any atom is -0.469 e. The smallest absolute Gasteiger partial charge is 0.305 e. The van der Waals surface area contributed by atoms with Crippen molar-refractivity contribution in [1.82, 2.24) is 5.32 Å². The van der Waals surface area contributed by atoms with Crippen molar-refractivity contribution in [2.24, 2.45) is 4.99 Å². The molecule has 1 N–H and O–H groups in total. The van der Waals surface area contributed by atoms with Gasteiger partial charge in [0.05, 0.1) is 37.6 Å². The number of nitrogens with zero attached hydrogens (tertiary/aromatic N) is 3. The van der Waals surface area contributed by atoms with Crippen LogP contribution < -0.4 is 15.1 Å². The van der Waals surface area contributed by atoms with E-state index in [4.69, 9.17) is 4.74 Å². The number of anilines is 2. The minimum atomic E-state index is -0.600. The van der Waals surface area contributed by atoms with Crippen LogP contribution in [0.3, 0.4) is 0 Å². The highest BCUT2D eigenvalue weighted by atomic mass is 16.5. The van der Waals surface area contributed by atoms with Crippen molar-refractivity contribution in [3.05, 3.63) is 71.8 Å². The fourth-order valence-electron chi connectivity index (χ4n) is 4.90. The van der Waals surface area contributed by atoms with Crippen LogP contribution in [0.2, 0.25) is 0 Å². The Balaban J connectivity index is 1.77. The van der Waals surface area contributed by atoms with E-state index in [2.05, 4.69) is 16.4 Å². The molecule has 0 saturated heterocycles. The third-order valence-electron chi connectivity index (χ3n) is 7.45. The number of likely N-dealkylation sites (N-methyl/N-ethyl adjacent to an activating group) is 1. The summed E-state index contributed by atoms with van der Waals surface area (Å²) in [6.45, 7) is 3.77. The van der Waals surface area contributed by atoms with Crippen LogP contribution in [0.4, 0.5) is 11.4 Å². The lowest BCUT2D eigenvalue weighted by molar-refractivity contribution is -0.140. The van der Waals surface area contributed by atoms with Gasteiger partial charge in [0.2, 0.25) is 5.91 Å². The molecule has 3 aromatic carbocycles. The Hall–Kier alpha value is -4.37. The van der Waals surface area contributed by atoms with E-state index in [0.29, 0.717) is 24.2 Å². The average Bonchev–Trinajstić information content (AvgIpc) is 3.10. The molecule has 0 fully saturated rings. The number of aliphatic imine (C=N–C) groups is 1. The molecule has 1 aliphatic rings. The molecule has 9 nitrogen and oxygen atoms in total. The summed E-state index contributed by atoms with van der Waals surface area (Å²) >= 11 is 0. The predicted octanol–water partition coefficient (Wildman–Crippen LogP) is 4.34. The molecule has 1 atom stereocenters. The first-order valence-corrected chi connectivity index (χ1v) is 13.8. The van der Waals surface area contributed by atoms with Gasteiger partial charge in [-0.2, -0.15) is 0 Å². The highest BCUT2D eigenvalue weighted by Gasteiger charge is 2.34. The van der Waals surface area contributed by atoms with Crippen LogP contribution in [0.5, 0.6) is 0 Å². The Morgan fingerprint density at radius 2 is 1.66 bits per heavy atom. The monoisotopic (exact) mass is 556 g/mol. The van der Waals surface area contributed by atoms with Gasteiger partial charge in [0.25, 0.3) is 11.8 Å². The molecule has 214 valence electrons. The molecule has 0 unspecified atom stereocenters. The Labute approximate surface area is 240 Å². The van der Waals surface area contributed by atoms with Crippen molar-refractivity contribution >= 4 is 51.5 Å². The van der Waals surface area contributed by atoms with Gasteiger partial charge in [0, 0.05) is 12.8 Å². The molecule has 3 aromatic rings. The zero-order valence-electron chi connectivity index (χ0n) is 24.0. The number of para-hydroxylation sites is 2. The van der Waals surface area contributed by atoms with Gasteiger partial charge in [0.15, 0.2) is 0 Å². The average molecular weight is 557 g/mol. The van der Waals surface area contributed by atoms with Crippen molar-refractivity contribution in [1.29, 1.82) is 0 Å². The molecule has 1 aliphatic heterocycles. The molecule has 0 spiro atoms. The number of hydrogen-bond donors (Lipinski definition) is 1. The molecular formula is C32H36N4O5. The number of carbonyl (C=O) groups is 4. The number of fused-ring (bicyclic) bond motifs is 2. The normalized spacial score (nSPS) is 15.0. The number of amides is 3. The van der Waals surface area contributed by atoms with Gasteiger partial charge < -0.3 is 19.9 Å². The van der Waals surface area contributed by atoms with Crippen LogP contribution in [-0.2, 0) is 30.5 Å². The van der Waals surface area contributed by atoms with E-state index in [9.17, 15) is 19.2 Å². The number of rotatable bonds is 9. The van der Waals surface area contributed by atoms with Crippen molar-refractivity contribution in [2.45, 2.75) is 52.1 Å². The zero-order valence-corrected chi connectivity index (χ0v) is 24.0. The van der Waals surface area contributed by atoms with Crippen LogP contribution in [0.15, 0.2) is 65.7 Å². The number of nitrogens with one attached hydrogen (secondary N) is 1. The number of unbranched alkanes of at least 4 members (excludes halogenated alkanes) is 1. The second-order valence-electron chi connectivity index (χ2n) is 10.1. The highest BCUT2D eigenvalue weighted by molar-refractivity contribution is 6.47. The van der Waals surface area contributed by atoms with Crippen LogP contribution >= 0.6 is 0 Å². The van der Waals surface area contributed by atoms with Gasteiger partial charge >= 0.3 is 5.97 Å². The van der Waals surface area contributed by atoms with Crippen LogP contribution in [0.25, 0.3) is 10.8 Å². The summed E-state index contributed by atoms with van der Waals surface area (Å²) in [6.07, 6.45) is 1.36. The summed E-state index contributed by atoms with van der Waals surface area (Å²) in [4.78, 5) is 59.5. The number of carbonyl (C=O) groups excluding carboxylic acids is 4. The Morgan fingerprint density at radius 1 is 0.976 bits per heavy atom. The summed E-state index contributed by atoms with van der Waals surface area (Å²) in [5, 5.41) is 4.94. The lowest BCUT2D eigenvalue weighted by atomic mass is 9.99. The molecule has 0 bridgehead atoms. The first-order valence-electron chi connectivity index (χ1n) is 13.8. The molecule has 0 radical (unpaired) electrons. The van der Waals surface area contributed by atoms with E-state index in [0.717, 1.165) is 21.9 Å².